The van der Waals surface area contributed by atoms with E-state index in [1.807, 2.05) is 6.92 Å². The van der Waals surface area contributed by atoms with Crippen LogP contribution in [-0.4, -0.2) is 49.1 Å². The number of carbonyl (C=O) groups is 2. The Labute approximate surface area is 128 Å². The van der Waals surface area contributed by atoms with E-state index in [-0.39, 0.29) is 24.1 Å². The molecule has 1 aliphatic heterocycles. The third kappa shape index (κ3) is 3.28. The van der Waals surface area contributed by atoms with Crippen LogP contribution in [0.5, 0.6) is 0 Å². The molecule has 1 saturated heterocycles. The highest BCUT2D eigenvalue weighted by Crippen LogP contribution is 2.24. The van der Waals surface area contributed by atoms with Crippen molar-refractivity contribution in [3.05, 3.63) is 28.8 Å². The Balaban J connectivity index is 2.26. The summed E-state index contributed by atoms with van der Waals surface area (Å²) in [5, 5.41) is 3.03. The maximum atomic E-state index is 12.6. The van der Waals surface area contributed by atoms with Crippen molar-refractivity contribution in [1.29, 1.82) is 0 Å². The minimum Gasteiger partial charge on any atom is -0.397 e. The number of amides is 2. The summed E-state index contributed by atoms with van der Waals surface area (Å²) in [7, 11) is 0. The van der Waals surface area contributed by atoms with Crippen LogP contribution in [-0.2, 0) is 9.53 Å². The summed E-state index contributed by atoms with van der Waals surface area (Å²) < 4.78 is 5.31. The fourth-order valence-corrected chi connectivity index (χ4v) is 2.41. The molecule has 21 heavy (non-hydrogen) atoms. The van der Waals surface area contributed by atoms with Gasteiger partial charge in [-0.05, 0) is 19.1 Å². The van der Waals surface area contributed by atoms with Crippen LogP contribution in [0.2, 0.25) is 5.02 Å². The average Bonchev–Trinajstić information content (AvgIpc) is 2.49. The van der Waals surface area contributed by atoms with E-state index >= 15 is 0 Å². The normalized spacial score (nSPS) is 18.4. The lowest BCUT2D eigenvalue weighted by atomic mass is 10.1. The molecule has 1 aliphatic rings. The van der Waals surface area contributed by atoms with Gasteiger partial charge in [0.05, 0.1) is 29.5 Å². The molecule has 1 aromatic carbocycles. The van der Waals surface area contributed by atoms with Crippen LogP contribution in [0.25, 0.3) is 0 Å². The van der Waals surface area contributed by atoms with E-state index in [1.165, 1.54) is 4.90 Å². The highest BCUT2D eigenvalue weighted by Gasteiger charge is 2.33. The smallest absolute Gasteiger partial charge is 0.256 e. The number of benzene rings is 1. The van der Waals surface area contributed by atoms with Crippen molar-refractivity contribution >= 4 is 29.1 Å². The van der Waals surface area contributed by atoms with Crippen LogP contribution >= 0.6 is 11.6 Å². The first-order chi connectivity index (χ1) is 10.1. The van der Waals surface area contributed by atoms with Crippen LogP contribution in [0, 0.1) is 0 Å². The number of nitrogens with two attached hydrogens (primary N) is 1. The largest absolute Gasteiger partial charge is 0.397 e. The number of hydrogen-bond donors (Lipinski definition) is 2. The molecular formula is C14H18ClN3O3. The summed E-state index contributed by atoms with van der Waals surface area (Å²) in [6.07, 6.45) is 0. The second-order valence-electron chi connectivity index (χ2n) is 4.68. The molecule has 7 heteroatoms. The van der Waals surface area contributed by atoms with Crippen LogP contribution in [0.3, 0.4) is 0 Å². The number of carbonyl (C=O) groups excluding carboxylic acids is 2. The van der Waals surface area contributed by atoms with Crippen molar-refractivity contribution in [3.8, 4) is 0 Å². The van der Waals surface area contributed by atoms with Gasteiger partial charge in [-0.3, -0.25) is 9.59 Å². The topological polar surface area (TPSA) is 84.7 Å². The summed E-state index contributed by atoms with van der Waals surface area (Å²) in [6, 6.07) is 4.24. The molecular weight excluding hydrogens is 294 g/mol. The maximum Gasteiger partial charge on any atom is 0.256 e. The van der Waals surface area contributed by atoms with Gasteiger partial charge in [-0.15, -0.1) is 0 Å². The minimum absolute atomic E-state index is 0.179. The Kier molecular flexibility index (Phi) is 5.03. The number of nitrogens with zero attached hydrogens (tertiary/aromatic N) is 1. The number of rotatable bonds is 3. The standard InChI is InChI=1S/C14H18ClN3O3/c1-2-17-13(19)11-8-21-7-6-18(11)14(20)9-4-3-5-10(15)12(9)16/h3-5,11H,2,6-8,16H2,1H3,(H,17,19). The van der Waals surface area contributed by atoms with Gasteiger partial charge in [0.15, 0.2) is 0 Å². The molecule has 1 fully saturated rings. The van der Waals surface area contributed by atoms with Crippen molar-refractivity contribution in [1.82, 2.24) is 10.2 Å². The predicted octanol–water partition coefficient (Wildman–Crippen LogP) is 0.899. The zero-order valence-corrected chi connectivity index (χ0v) is 12.5. The molecule has 1 unspecified atom stereocenters. The summed E-state index contributed by atoms with van der Waals surface area (Å²) >= 11 is 5.95. The summed E-state index contributed by atoms with van der Waals surface area (Å²) in [6.45, 7) is 3.23. The zero-order chi connectivity index (χ0) is 15.4. The highest BCUT2D eigenvalue weighted by atomic mass is 35.5. The number of halogens is 1. The molecule has 2 amide bonds. The summed E-state index contributed by atoms with van der Waals surface area (Å²) in [5.41, 5.74) is 6.39. The van der Waals surface area contributed by atoms with Gasteiger partial charge in [0.2, 0.25) is 5.91 Å². The molecule has 114 valence electrons. The molecule has 0 bridgehead atoms. The van der Waals surface area contributed by atoms with E-state index in [9.17, 15) is 9.59 Å². The van der Waals surface area contributed by atoms with Crippen LogP contribution in [0.15, 0.2) is 18.2 Å². The number of likely N-dealkylation sites (N-methyl/N-ethyl adjacent to an activating group) is 1. The number of nitrogens with one attached hydrogen (secondary N) is 1. The first-order valence-electron chi connectivity index (χ1n) is 6.76. The van der Waals surface area contributed by atoms with Crippen molar-refractivity contribution in [2.75, 3.05) is 32.0 Å². The van der Waals surface area contributed by atoms with Crippen molar-refractivity contribution < 1.29 is 14.3 Å². The first kappa shape index (κ1) is 15.6. The van der Waals surface area contributed by atoms with E-state index in [4.69, 9.17) is 22.1 Å². The molecule has 0 aliphatic carbocycles. The van der Waals surface area contributed by atoms with Gasteiger partial charge in [0.1, 0.15) is 6.04 Å². The summed E-state index contributed by atoms with van der Waals surface area (Å²) in [5.74, 6) is -0.541. The molecule has 0 radical (unpaired) electrons. The minimum atomic E-state index is -0.649. The Morgan fingerprint density at radius 1 is 1.52 bits per heavy atom. The number of nitrogen functional groups attached to an aromatic ring is 1. The quantitative estimate of drug-likeness (QED) is 0.812. The van der Waals surface area contributed by atoms with Gasteiger partial charge in [-0.2, -0.15) is 0 Å². The van der Waals surface area contributed by atoms with Gasteiger partial charge in [0.25, 0.3) is 5.91 Å². The average molecular weight is 312 g/mol. The second-order valence-corrected chi connectivity index (χ2v) is 5.09. The monoisotopic (exact) mass is 311 g/mol. The van der Waals surface area contributed by atoms with Gasteiger partial charge in [-0.1, -0.05) is 17.7 Å². The molecule has 3 N–H and O–H groups in total. The lowest BCUT2D eigenvalue weighted by Crippen LogP contribution is -2.55. The molecule has 2 rings (SSSR count). The van der Waals surface area contributed by atoms with Crippen molar-refractivity contribution in [3.63, 3.8) is 0 Å². The molecule has 0 saturated carbocycles. The van der Waals surface area contributed by atoms with Crippen LogP contribution < -0.4 is 11.1 Å². The lowest BCUT2D eigenvalue weighted by Gasteiger charge is -2.34. The Hall–Kier alpha value is -1.79. The molecule has 0 aromatic heterocycles. The third-order valence-electron chi connectivity index (χ3n) is 3.33. The first-order valence-corrected chi connectivity index (χ1v) is 7.14. The summed E-state index contributed by atoms with van der Waals surface area (Å²) in [4.78, 5) is 26.2. The van der Waals surface area contributed by atoms with Gasteiger partial charge in [-0.25, -0.2) is 0 Å². The number of hydrogen-bond acceptors (Lipinski definition) is 4. The maximum absolute atomic E-state index is 12.6. The van der Waals surface area contributed by atoms with Crippen LogP contribution in [0.4, 0.5) is 5.69 Å². The molecule has 1 atom stereocenters. The van der Waals surface area contributed by atoms with E-state index in [2.05, 4.69) is 5.32 Å². The van der Waals surface area contributed by atoms with Gasteiger partial charge in [0, 0.05) is 13.1 Å². The lowest BCUT2D eigenvalue weighted by molar-refractivity contribution is -0.130. The van der Waals surface area contributed by atoms with E-state index < -0.39 is 6.04 Å². The molecule has 1 heterocycles. The second kappa shape index (κ2) is 6.78. The number of para-hydroxylation sites is 1. The van der Waals surface area contributed by atoms with Crippen molar-refractivity contribution in [2.24, 2.45) is 0 Å². The zero-order valence-electron chi connectivity index (χ0n) is 11.8. The van der Waals surface area contributed by atoms with E-state index in [0.717, 1.165) is 0 Å². The van der Waals surface area contributed by atoms with Gasteiger partial charge >= 0.3 is 0 Å². The fraction of sp³-hybridized carbons (Fsp3) is 0.429. The SMILES string of the molecule is CCNC(=O)C1COCCN1C(=O)c1cccc(Cl)c1N. The van der Waals surface area contributed by atoms with Gasteiger partial charge < -0.3 is 20.7 Å². The fourth-order valence-electron chi connectivity index (χ4n) is 2.23. The van der Waals surface area contributed by atoms with Crippen LogP contribution in [0.1, 0.15) is 17.3 Å². The van der Waals surface area contributed by atoms with E-state index in [0.29, 0.717) is 30.3 Å². The predicted molar refractivity (Wildman–Crippen MR) is 80.2 cm³/mol. The number of anilines is 1. The molecule has 0 spiro atoms. The number of morpholine rings is 1. The molecule has 6 nitrogen and oxygen atoms in total. The third-order valence-corrected chi connectivity index (χ3v) is 3.66. The Morgan fingerprint density at radius 3 is 3.00 bits per heavy atom. The van der Waals surface area contributed by atoms with E-state index in [1.54, 1.807) is 18.2 Å². The number of ether oxygens (including phenoxy) is 1. The molecule has 1 aromatic rings. The highest BCUT2D eigenvalue weighted by molar-refractivity contribution is 6.34. The Bertz CT molecular complexity index is 550. The Morgan fingerprint density at radius 2 is 2.29 bits per heavy atom. The van der Waals surface area contributed by atoms with Crippen molar-refractivity contribution in [2.45, 2.75) is 13.0 Å².